The van der Waals surface area contributed by atoms with Crippen LogP contribution >= 0.6 is 11.6 Å². The topological polar surface area (TPSA) is 51.5 Å². The molecule has 4 nitrogen and oxygen atoms in total. The summed E-state index contributed by atoms with van der Waals surface area (Å²) in [6.07, 6.45) is 0.749. The lowest BCUT2D eigenvalue weighted by molar-refractivity contribution is 0.0925. The second-order valence-corrected chi connectivity index (χ2v) is 4.52. The molecule has 0 fully saturated rings. The highest BCUT2D eigenvalue weighted by atomic mass is 35.5. The highest BCUT2D eigenvalue weighted by Gasteiger charge is 2.09. The number of halogens is 1. The van der Waals surface area contributed by atoms with Gasteiger partial charge in [-0.2, -0.15) is 0 Å². The van der Waals surface area contributed by atoms with Crippen molar-refractivity contribution in [2.24, 2.45) is 0 Å². The van der Waals surface area contributed by atoms with E-state index in [-0.39, 0.29) is 17.5 Å². The Hall–Kier alpha value is -1.94. The van der Waals surface area contributed by atoms with Crippen LogP contribution in [0.5, 0.6) is 5.75 Å². The Bertz CT molecular complexity index is 563. The van der Waals surface area contributed by atoms with Crippen LogP contribution in [0.15, 0.2) is 40.8 Å². The Labute approximate surface area is 122 Å². The molecule has 0 saturated heterocycles. The average Bonchev–Trinajstić information content (AvgIpc) is 2.97. The number of benzene rings is 1. The van der Waals surface area contributed by atoms with Gasteiger partial charge in [-0.25, -0.2) is 0 Å². The Morgan fingerprint density at radius 2 is 2.00 bits per heavy atom. The van der Waals surface area contributed by atoms with Crippen molar-refractivity contribution in [3.63, 3.8) is 0 Å². The molecule has 0 aliphatic heterocycles. The zero-order chi connectivity index (χ0) is 14.4. The fourth-order valence-electron chi connectivity index (χ4n) is 1.77. The van der Waals surface area contributed by atoms with Gasteiger partial charge in [0.15, 0.2) is 5.76 Å². The number of alkyl halides is 1. The van der Waals surface area contributed by atoms with Crippen LogP contribution in [0, 0.1) is 0 Å². The molecular weight excluding hydrogens is 278 g/mol. The molecule has 1 heterocycles. The smallest absolute Gasteiger partial charge is 0.287 e. The van der Waals surface area contributed by atoms with Gasteiger partial charge in [-0.15, -0.1) is 11.6 Å². The normalized spacial score (nSPS) is 10.3. The number of hydrogen-bond acceptors (Lipinski definition) is 3. The van der Waals surface area contributed by atoms with E-state index in [9.17, 15) is 4.79 Å². The lowest BCUT2D eigenvalue weighted by Crippen LogP contribution is -2.25. The fourth-order valence-corrected chi connectivity index (χ4v) is 1.92. The summed E-state index contributed by atoms with van der Waals surface area (Å²) in [5.41, 5.74) is 1.13. The number of carbonyl (C=O) groups excluding carboxylic acids is 1. The number of furan rings is 1. The minimum absolute atomic E-state index is 0.227. The summed E-state index contributed by atoms with van der Waals surface area (Å²) in [4.78, 5) is 11.8. The first kappa shape index (κ1) is 14.5. The molecule has 0 saturated carbocycles. The van der Waals surface area contributed by atoms with Crippen LogP contribution in [0.4, 0.5) is 0 Å². The second kappa shape index (κ2) is 7.01. The number of nitrogens with one attached hydrogen (secondary N) is 1. The number of amides is 1. The maximum atomic E-state index is 11.8. The van der Waals surface area contributed by atoms with Crippen molar-refractivity contribution < 1.29 is 13.9 Å². The summed E-state index contributed by atoms with van der Waals surface area (Å²) in [5, 5.41) is 2.81. The van der Waals surface area contributed by atoms with Gasteiger partial charge in [-0.3, -0.25) is 4.79 Å². The van der Waals surface area contributed by atoms with E-state index in [1.165, 1.54) is 0 Å². The van der Waals surface area contributed by atoms with Crippen molar-refractivity contribution in [3.05, 3.63) is 53.5 Å². The third-order valence-electron chi connectivity index (χ3n) is 2.88. The van der Waals surface area contributed by atoms with Gasteiger partial charge in [0, 0.05) is 6.54 Å². The number of methoxy groups -OCH3 is 1. The number of rotatable bonds is 6. The first-order valence-corrected chi connectivity index (χ1v) is 6.82. The highest BCUT2D eigenvalue weighted by Crippen LogP contribution is 2.12. The quantitative estimate of drug-likeness (QED) is 0.833. The van der Waals surface area contributed by atoms with Crippen LogP contribution in [0.2, 0.25) is 0 Å². The van der Waals surface area contributed by atoms with Crippen molar-refractivity contribution in [3.8, 4) is 5.75 Å². The van der Waals surface area contributed by atoms with Gasteiger partial charge in [0.2, 0.25) is 0 Å². The Morgan fingerprint density at radius 1 is 1.25 bits per heavy atom. The molecule has 0 bridgehead atoms. The highest BCUT2D eigenvalue weighted by molar-refractivity contribution is 6.16. The maximum Gasteiger partial charge on any atom is 0.287 e. The Balaban J connectivity index is 1.81. The third kappa shape index (κ3) is 3.78. The minimum Gasteiger partial charge on any atom is -0.497 e. The molecule has 5 heteroatoms. The van der Waals surface area contributed by atoms with Crippen molar-refractivity contribution in [1.82, 2.24) is 5.32 Å². The van der Waals surface area contributed by atoms with Gasteiger partial charge in [0.25, 0.3) is 5.91 Å². The van der Waals surface area contributed by atoms with E-state index in [4.69, 9.17) is 20.8 Å². The second-order valence-electron chi connectivity index (χ2n) is 4.25. The molecule has 20 heavy (non-hydrogen) atoms. The van der Waals surface area contributed by atoms with Crippen molar-refractivity contribution in [2.75, 3.05) is 13.7 Å². The van der Waals surface area contributed by atoms with Gasteiger partial charge < -0.3 is 14.5 Å². The zero-order valence-corrected chi connectivity index (χ0v) is 11.9. The molecule has 1 N–H and O–H groups in total. The standard InChI is InChI=1S/C15H16ClNO3/c1-19-12-4-2-11(3-5-12)8-9-17-15(18)14-7-6-13(10-16)20-14/h2-7H,8-10H2,1H3,(H,17,18). The van der Waals surface area contributed by atoms with Gasteiger partial charge in [-0.1, -0.05) is 12.1 Å². The number of hydrogen-bond donors (Lipinski definition) is 1. The first-order chi connectivity index (χ1) is 9.72. The molecule has 0 aliphatic carbocycles. The molecule has 2 rings (SSSR count). The SMILES string of the molecule is COc1ccc(CCNC(=O)c2ccc(CCl)o2)cc1. The summed E-state index contributed by atoms with van der Waals surface area (Å²) in [7, 11) is 1.63. The summed E-state index contributed by atoms with van der Waals surface area (Å²) < 4.78 is 10.4. The van der Waals surface area contributed by atoms with Crippen molar-refractivity contribution in [2.45, 2.75) is 12.3 Å². The van der Waals surface area contributed by atoms with Crippen LogP contribution in [0.1, 0.15) is 21.9 Å². The van der Waals surface area contributed by atoms with Gasteiger partial charge >= 0.3 is 0 Å². The van der Waals surface area contributed by atoms with Gasteiger partial charge in [0.1, 0.15) is 11.5 Å². The third-order valence-corrected chi connectivity index (χ3v) is 3.14. The molecule has 0 atom stereocenters. The number of ether oxygens (including phenoxy) is 1. The lowest BCUT2D eigenvalue weighted by Gasteiger charge is -2.05. The van der Waals surface area contributed by atoms with Crippen LogP contribution in [0.25, 0.3) is 0 Å². The van der Waals surface area contributed by atoms with Crippen molar-refractivity contribution in [1.29, 1.82) is 0 Å². The van der Waals surface area contributed by atoms with Crippen LogP contribution in [-0.2, 0) is 12.3 Å². The Morgan fingerprint density at radius 3 is 2.60 bits per heavy atom. The predicted molar refractivity (Wildman–Crippen MR) is 77.3 cm³/mol. The molecule has 0 spiro atoms. The summed E-state index contributed by atoms with van der Waals surface area (Å²) >= 11 is 5.62. The monoisotopic (exact) mass is 293 g/mol. The average molecular weight is 294 g/mol. The summed E-state index contributed by atoms with van der Waals surface area (Å²) in [6.45, 7) is 0.544. The lowest BCUT2D eigenvalue weighted by atomic mass is 10.1. The van der Waals surface area contributed by atoms with Gasteiger partial charge in [0.05, 0.1) is 13.0 Å². The Kier molecular flexibility index (Phi) is 5.07. The van der Waals surface area contributed by atoms with E-state index in [1.54, 1.807) is 19.2 Å². The molecule has 0 aliphatic rings. The molecule has 1 aromatic carbocycles. The van der Waals surface area contributed by atoms with Gasteiger partial charge in [-0.05, 0) is 36.2 Å². The number of carbonyl (C=O) groups is 1. The molecule has 1 amide bonds. The first-order valence-electron chi connectivity index (χ1n) is 6.28. The predicted octanol–water partition coefficient (Wildman–Crippen LogP) is 3.00. The zero-order valence-electron chi connectivity index (χ0n) is 11.2. The van der Waals surface area contributed by atoms with E-state index in [0.717, 1.165) is 17.7 Å². The summed E-state index contributed by atoms with van der Waals surface area (Å²) in [5.74, 6) is 1.73. The molecule has 1 aromatic heterocycles. The molecule has 0 unspecified atom stereocenters. The molecular formula is C15H16ClNO3. The van der Waals surface area contributed by atoms with E-state index in [1.807, 2.05) is 24.3 Å². The molecule has 106 valence electrons. The van der Waals surface area contributed by atoms with E-state index >= 15 is 0 Å². The van der Waals surface area contributed by atoms with Crippen LogP contribution < -0.4 is 10.1 Å². The van der Waals surface area contributed by atoms with Crippen LogP contribution in [0.3, 0.4) is 0 Å². The largest absolute Gasteiger partial charge is 0.497 e. The van der Waals surface area contributed by atoms with E-state index in [2.05, 4.69) is 5.32 Å². The van der Waals surface area contributed by atoms with E-state index in [0.29, 0.717) is 12.3 Å². The minimum atomic E-state index is -0.227. The summed E-state index contributed by atoms with van der Waals surface area (Å²) in [6, 6.07) is 11.1. The maximum absolute atomic E-state index is 11.8. The van der Waals surface area contributed by atoms with Crippen LogP contribution in [-0.4, -0.2) is 19.6 Å². The van der Waals surface area contributed by atoms with Crippen molar-refractivity contribution >= 4 is 17.5 Å². The molecule has 2 aromatic rings. The van der Waals surface area contributed by atoms with E-state index < -0.39 is 0 Å². The molecule has 0 radical (unpaired) electrons. The fraction of sp³-hybridized carbons (Fsp3) is 0.267.